The molecule has 0 spiro atoms. The SMILES string of the molecule is Nc1c(C(=O)O)cccc1[N+](=O)[O-].[NaH]. The Kier molecular flexibility index (Phi) is 4.55. The summed E-state index contributed by atoms with van der Waals surface area (Å²) in [6, 6.07) is 3.64. The van der Waals surface area contributed by atoms with Crippen LogP contribution in [0.1, 0.15) is 10.4 Å². The number of carboxylic acid groups (broad SMARTS) is 1. The van der Waals surface area contributed by atoms with Crippen molar-refractivity contribution in [1.82, 2.24) is 0 Å². The summed E-state index contributed by atoms with van der Waals surface area (Å²) < 4.78 is 0. The Hall–Kier alpha value is -1.11. The first-order chi connectivity index (χ1) is 6.04. The van der Waals surface area contributed by atoms with Crippen LogP contribution in [0.5, 0.6) is 0 Å². The molecule has 1 rings (SSSR count). The fourth-order valence-corrected chi connectivity index (χ4v) is 0.899. The first-order valence-electron chi connectivity index (χ1n) is 3.30. The van der Waals surface area contributed by atoms with Gasteiger partial charge >= 0.3 is 35.5 Å². The molecule has 0 saturated heterocycles. The van der Waals surface area contributed by atoms with Crippen molar-refractivity contribution in [2.45, 2.75) is 0 Å². The summed E-state index contributed by atoms with van der Waals surface area (Å²) in [7, 11) is 0. The number of nitro benzene ring substituents is 1. The van der Waals surface area contributed by atoms with Crippen LogP contribution in [0.15, 0.2) is 18.2 Å². The molecular weight excluding hydrogens is 199 g/mol. The van der Waals surface area contributed by atoms with E-state index in [4.69, 9.17) is 10.8 Å². The van der Waals surface area contributed by atoms with Gasteiger partial charge in [0, 0.05) is 6.07 Å². The number of hydrogen-bond donors (Lipinski definition) is 2. The molecule has 0 fully saturated rings. The molecule has 1 aromatic rings. The van der Waals surface area contributed by atoms with Gasteiger partial charge in [-0.3, -0.25) is 10.1 Å². The van der Waals surface area contributed by atoms with Crippen molar-refractivity contribution in [1.29, 1.82) is 0 Å². The number of aromatic carboxylic acids is 1. The molecule has 0 saturated carbocycles. The number of benzene rings is 1. The van der Waals surface area contributed by atoms with Gasteiger partial charge in [-0.05, 0) is 6.07 Å². The van der Waals surface area contributed by atoms with Gasteiger partial charge in [0.15, 0.2) is 0 Å². The second-order valence-electron chi connectivity index (χ2n) is 2.30. The fourth-order valence-electron chi connectivity index (χ4n) is 0.899. The number of nitro groups is 1. The molecule has 0 heterocycles. The molecule has 0 aromatic heterocycles. The van der Waals surface area contributed by atoms with Crippen LogP contribution in [-0.2, 0) is 0 Å². The number of rotatable bonds is 2. The Balaban J connectivity index is 0.00000169. The van der Waals surface area contributed by atoms with Gasteiger partial charge < -0.3 is 10.8 Å². The topological polar surface area (TPSA) is 106 Å². The van der Waals surface area contributed by atoms with Crippen molar-refractivity contribution in [3.05, 3.63) is 33.9 Å². The van der Waals surface area contributed by atoms with Crippen molar-refractivity contribution in [3.8, 4) is 0 Å². The van der Waals surface area contributed by atoms with Crippen LogP contribution in [0.25, 0.3) is 0 Å². The van der Waals surface area contributed by atoms with E-state index in [1.54, 1.807) is 0 Å². The number of nitrogens with two attached hydrogens (primary N) is 1. The molecular formula is C7H7N2NaO4. The number of carbonyl (C=O) groups is 1. The molecule has 14 heavy (non-hydrogen) atoms. The van der Waals surface area contributed by atoms with Crippen molar-refractivity contribution in [3.63, 3.8) is 0 Å². The van der Waals surface area contributed by atoms with Gasteiger partial charge in [-0.25, -0.2) is 4.79 Å². The molecule has 7 heteroatoms. The van der Waals surface area contributed by atoms with Gasteiger partial charge in [-0.1, -0.05) is 6.07 Å². The minimum absolute atomic E-state index is 0. The number of para-hydroxylation sites is 1. The molecule has 0 amide bonds. The van der Waals surface area contributed by atoms with Crippen molar-refractivity contribution < 1.29 is 14.8 Å². The summed E-state index contributed by atoms with van der Waals surface area (Å²) in [4.78, 5) is 20.1. The average molecular weight is 206 g/mol. The maximum absolute atomic E-state index is 10.5. The normalized spacial score (nSPS) is 8.86. The van der Waals surface area contributed by atoms with E-state index in [9.17, 15) is 14.9 Å². The third kappa shape index (κ3) is 2.44. The number of carboxylic acids is 1. The number of hydrogen-bond acceptors (Lipinski definition) is 4. The second-order valence-corrected chi connectivity index (χ2v) is 2.30. The summed E-state index contributed by atoms with van der Waals surface area (Å²) in [5.74, 6) is -1.28. The second kappa shape index (κ2) is 4.94. The van der Waals surface area contributed by atoms with E-state index in [0.29, 0.717) is 0 Å². The molecule has 0 atom stereocenters. The summed E-state index contributed by atoms with van der Waals surface area (Å²) in [5.41, 5.74) is 4.30. The van der Waals surface area contributed by atoms with Crippen LogP contribution < -0.4 is 5.73 Å². The first kappa shape index (κ1) is 12.9. The zero-order chi connectivity index (χ0) is 10.0. The van der Waals surface area contributed by atoms with Crippen LogP contribution in [0.2, 0.25) is 0 Å². The van der Waals surface area contributed by atoms with Crippen LogP contribution in [0.4, 0.5) is 11.4 Å². The van der Waals surface area contributed by atoms with Crippen LogP contribution in [0.3, 0.4) is 0 Å². The van der Waals surface area contributed by atoms with Gasteiger partial charge in [0.1, 0.15) is 5.69 Å². The third-order valence-electron chi connectivity index (χ3n) is 1.51. The summed E-state index contributed by atoms with van der Waals surface area (Å²) in [6.45, 7) is 0. The Morgan fingerprint density at radius 3 is 2.50 bits per heavy atom. The standard InChI is InChI=1S/C7H6N2O4.Na.H/c8-6-4(7(10)11)2-1-3-5(6)9(12)13;;/h1-3H,8H2,(H,10,11);;. The van der Waals surface area contributed by atoms with Gasteiger partial charge in [0.2, 0.25) is 0 Å². The molecule has 1 aromatic carbocycles. The zero-order valence-corrected chi connectivity index (χ0v) is 6.43. The quantitative estimate of drug-likeness (QED) is 0.311. The van der Waals surface area contributed by atoms with Crippen molar-refractivity contribution >= 4 is 46.9 Å². The summed E-state index contributed by atoms with van der Waals surface area (Å²) in [5, 5.41) is 18.9. The molecule has 0 bridgehead atoms. The third-order valence-corrected chi connectivity index (χ3v) is 1.51. The molecule has 0 radical (unpaired) electrons. The number of nitrogen functional groups attached to an aromatic ring is 1. The monoisotopic (exact) mass is 206 g/mol. The van der Waals surface area contributed by atoms with E-state index in [-0.39, 0.29) is 46.5 Å². The zero-order valence-electron chi connectivity index (χ0n) is 6.43. The molecule has 6 nitrogen and oxygen atoms in total. The molecule has 0 aliphatic carbocycles. The molecule has 0 aliphatic rings. The maximum atomic E-state index is 10.5. The molecule has 70 valence electrons. The van der Waals surface area contributed by atoms with E-state index < -0.39 is 10.9 Å². The Bertz CT molecular complexity index is 348. The Labute approximate surface area is 101 Å². The van der Waals surface area contributed by atoms with Crippen LogP contribution >= 0.6 is 0 Å². The Morgan fingerprint density at radius 1 is 1.50 bits per heavy atom. The number of anilines is 1. The van der Waals surface area contributed by atoms with E-state index in [2.05, 4.69) is 0 Å². The van der Waals surface area contributed by atoms with Gasteiger partial charge in [0.05, 0.1) is 10.5 Å². The van der Waals surface area contributed by atoms with E-state index in [0.717, 1.165) is 6.07 Å². The first-order valence-corrected chi connectivity index (χ1v) is 3.30. The molecule has 3 N–H and O–H groups in total. The molecule has 0 unspecified atom stereocenters. The molecule has 0 aliphatic heterocycles. The van der Waals surface area contributed by atoms with E-state index in [1.807, 2.05) is 0 Å². The Morgan fingerprint density at radius 2 is 2.07 bits per heavy atom. The van der Waals surface area contributed by atoms with Crippen LogP contribution in [-0.4, -0.2) is 45.6 Å². The predicted molar refractivity (Wildman–Crippen MR) is 51.6 cm³/mol. The van der Waals surface area contributed by atoms with E-state index in [1.165, 1.54) is 12.1 Å². The van der Waals surface area contributed by atoms with Crippen LogP contribution in [0, 0.1) is 10.1 Å². The summed E-state index contributed by atoms with van der Waals surface area (Å²) >= 11 is 0. The van der Waals surface area contributed by atoms with E-state index >= 15 is 0 Å². The minimum atomic E-state index is -1.28. The van der Waals surface area contributed by atoms with Gasteiger partial charge in [-0.2, -0.15) is 0 Å². The van der Waals surface area contributed by atoms with Crippen molar-refractivity contribution in [2.24, 2.45) is 0 Å². The number of nitrogens with zero attached hydrogens (tertiary/aromatic N) is 1. The van der Waals surface area contributed by atoms with Crippen molar-refractivity contribution in [2.75, 3.05) is 5.73 Å². The van der Waals surface area contributed by atoms with Gasteiger partial charge in [-0.15, -0.1) is 0 Å². The fraction of sp³-hybridized carbons (Fsp3) is 0. The summed E-state index contributed by atoms with van der Waals surface area (Å²) in [6.07, 6.45) is 0. The predicted octanol–water partition coefficient (Wildman–Crippen LogP) is 0.227. The van der Waals surface area contributed by atoms with Gasteiger partial charge in [0.25, 0.3) is 5.69 Å². The average Bonchev–Trinajstić information content (AvgIpc) is 2.03.